The van der Waals surface area contributed by atoms with E-state index in [4.69, 9.17) is 5.73 Å². The lowest BCUT2D eigenvalue weighted by molar-refractivity contribution is 0.354. The standard InChI is InChI=1S/C13H19BrN2/c1-16-8-7-13(15,10-16)6-5-11-3-2-4-12(14)9-11/h2-4,9H,5-8,10,15H2,1H3. The van der Waals surface area contributed by atoms with E-state index in [1.165, 1.54) is 5.56 Å². The first kappa shape index (κ1) is 12.1. The molecule has 1 heterocycles. The van der Waals surface area contributed by atoms with E-state index in [2.05, 4.69) is 52.1 Å². The monoisotopic (exact) mass is 282 g/mol. The summed E-state index contributed by atoms with van der Waals surface area (Å²) in [5, 5.41) is 0. The Kier molecular flexibility index (Phi) is 3.67. The molecule has 16 heavy (non-hydrogen) atoms. The fourth-order valence-electron chi connectivity index (χ4n) is 2.40. The largest absolute Gasteiger partial charge is 0.324 e. The van der Waals surface area contributed by atoms with Gasteiger partial charge in [-0.3, -0.25) is 0 Å². The second-order valence-corrected chi connectivity index (χ2v) is 5.90. The van der Waals surface area contributed by atoms with Gasteiger partial charge in [0.25, 0.3) is 0 Å². The molecule has 2 nitrogen and oxygen atoms in total. The summed E-state index contributed by atoms with van der Waals surface area (Å²) in [6.45, 7) is 2.16. The van der Waals surface area contributed by atoms with E-state index in [0.717, 1.165) is 36.8 Å². The van der Waals surface area contributed by atoms with E-state index in [-0.39, 0.29) is 5.54 Å². The smallest absolute Gasteiger partial charge is 0.0298 e. The minimum absolute atomic E-state index is 0.0249. The van der Waals surface area contributed by atoms with Crippen molar-refractivity contribution in [1.82, 2.24) is 4.90 Å². The minimum Gasteiger partial charge on any atom is -0.324 e. The second kappa shape index (κ2) is 4.86. The number of aryl methyl sites for hydroxylation is 1. The Labute approximate surface area is 106 Å². The fraction of sp³-hybridized carbons (Fsp3) is 0.538. The minimum atomic E-state index is 0.0249. The molecule has 1 atom stereocenters. The van der Waals surface area contributed by atoms with Crippen molar-refractivity contribution < 1.29 is 0 Å². The van der Waals surface area contributed by atoms with Gasteiger partial charge in [0.05, 0.1) is 0 Å². The number of halogens is 1. The molecule has 3 heteroatoms. The Morgan fingerprint density at radius 1 is 1.50 bits per heavy atom. The summed E-state index contributed by atoms with van der Waals surface area (Å²) in [7, 11) is 2.15. The fourth-order valence-corrected chi connectivity index (χ4v) is 2.85. The first-order valence-corrected chi connectivity index (χ1v) is 6.59. The first-order chi connectivity index (χ1) is 7.57. The average molecular weight is 283 g/mol. The molecule has 1 aliphatic heterocycles. The van der Waals surface area contributed by atoms with E-state index in [1.54, 1.807) is 0 Å². The third-order valence-electron chi connectivity index (χ3n) is 3.38. The Morgan fingerprint density at radius 3 is 2.94 bits per heavy atom. The molecule has 0 spiro atoms. The van der Waals surface area contributed by atoms with Gasteiger partial charge in [-0.2, -0.15) is 0 Å². The van der Waals surface area contributed by atoms with Gasteiger partial charge in [-0.25, -0.2) is 0 Å². The molecule has 1 aromatic rings. The normalized spacial score (nSPS) is 26.2. The van der Waals surface area contributed by atoms with Crippen molar-refractivity contribution in [2.45, 2.75) is 24.8 Å². The van der Waals surface area contributed by atoms with Crippen molar-refractivity contribution in [2.75, 3.05) is 20.1 Å². The number of nitrogens with zero attached hydrogens (tertiary/aromatic N) is 1. The van der Waals surface area contributed by atoms with E-state index in [1.807, 2.05) is 0 Å². The molecule has 2 rings (SSSR count). The van der Waals surface area contributed by atoms with Gasteiger partial charge in [0, 0.05) is 16.6 Å². The van der Waals surface area contributed by atoms with Gasteiger partial charge in [-0.1, -0.05) is 28.1 Å². The van der Waals surface area contributed by atoms with Crippen molar-refractivity contribution in [2.24, 2.45) is 5.73 Å². The molecule has 1 saturated heterocycles. The third kappa shape index (κ3) is 3.06. The number of hydrogen-bond acceptors (Lipinski definition) is 2. The molecular weight excluding hydrogens is 264 g/mol. The highest BCUT2D eigenvalue weighted by Gasteiger charge is 2.31. The summed E-state index contributed by atoms with van der Waals surface area (Å²) >= 11 is 3.50. The molecule has 0 saturated carbocycles. The molecule has 0 bridgehead atoms. The van der Waals surface area contributed by atoms with Crippen molar-refractivity contribution in [1.29, 1.82) is 0 Å². The van der Waals surface area contributed by atoms with Crippen LogP contribution in [0.3, 0.4) is 0 Å². The summed E-state index contributed by atoms with van der Waals surface area (Å²) in [5.41, 5.74) is 7.78. The lowest BCUT2D eigenvalue weighted by Crippen LogP contribution is -2.42. The van der Waals surface area contributed by atoms with Crippen LogP contribution in [0.4, 0.5) is 0 Å². The number of likely N-dealkylation sites (N-methyl/N-ethyl adjacent to an activating group) is 1. The Hall–Kier alpha value is -0.380. The van der Waals surface area contributed by atoms with Crippen LogP contribution in [0.2, 0.25) is 0 Å². The van der Waals surface area contributed by atoms with Crippen molar-refractivity contribution in [3.8, 4) is 0 Å². The molecule has 1 unspecified atom stereocenters. The van der Waals surface area contributed by atoms with Crippen LogP contribution in [0.25, 0.3) is 0 Å². The Morgan fingerprint density at radius 2 is 2.31 bits per heavy atom. The molecule has 0 aliphatic carbocycles. The highest BCUT2D eigenvalue weighted by molar-refractivity contribution is 9.10. The number of hydrogen-bond donors (Lipinski definition) is 1. The summed E-state index contributed by atoms with van der Waals surface area (Å²) < 4.78 is 1.15. The van der Waals surface area contributed by atoms with E-state index in [0.29, 0.717) is 0 Å². The molecule has 88 valence electrons. The lowest BCUT2D eigenvalue weighted by Gasteiger charge is -2.23. The van der Waals surface area contributed by atoms with Crippen LogP contribution < -0.4 is 5.73 Å². The molecule has 2 N–H and O–H groups in total. The van der Waals surface area contributed by atoms with Crippen LogP contribution >= 0.6 is 15.9 Å². The molecular formula is C13H19BrN2. The van der Waals surface area contributed by atoms with Gasteiger partial charge in [0.1, 0.15) is 0 Å². The van der Waals surface area contributed by atoms with Crippen LogP contribution in [0, 0.1) is 0 Å². The quantitative estimate of drug-likeness (QED) is 0.923. The van der Waals surface area contributed by atoms with Gasteiger partial charge >= 0.3 is 0 Å². The predicted molar refractivity (Wildman–Crippen MR) is 71.5 cm³/mol. The molecule has 1 aliphatic rings. The van der Waals surface area contributed by atoms with E-state index in [9.17, 15) is 0 Å². The number of rotatable bonds is 3. The van der Waals surface area contributed by atoms with Crippen LogP contribution in [-0.4, -0.2) is 30.6 Å². The zero-order valence-electron chi connectivity index (χ0n) is 9.75. The molecule has 1 fully saturated rings. The van der Waals surface area contributed by atoms with Gasteiger partial charge < -0.3 is 10.6 Å². The summed E-state index contributed by atoms with van der Waals surface area (Å²) in [5.74, 6) is 0. The SMILES string of the molecule is CN1CCC(N)(CCc2cccc(Br)c2)C1. The third-order valence-corrected chi connectivity index (χ3v) is 3.87. The van der Waals surface area contributed by atoms with Gasteiger partial charge in [-0.15, -0.1) is 0 Å². The summed E-state index contributed by atoms with van der Waals surface area (Å²) in [4.78, 5) is 2.32. The number of likely N-dealkylation sites (tertiary alicyclic amines) is 1. The molecule has 1 aromatic carbocycles. The van der Waals surface area contributed by atoms with Crippen molar-refractivity contribution >= 4 is 15.9 Å². The number of nitrogens with two attached hydrogens (primary N) is 1. The first-order valence-electron chi connectivity index (χ1n) is 5.79. The van der Waals surface area contributed by atoms with Crippen molar-refractivity contribution in [3.05, 3.63) is 34.3 Å². The lowest BCUT2D eigenvalue weighted by atomic mass is 9.91. The predicted octanol–water partition coefficient (Wildman–Crippen LogP) is 2.41. The maximum Gasteiger partial charge on any atom is 0.0298 e. The van der Waals surface area contributed by atoms with Gasteiger partial charge in [0.15, 0.2) is 0 Å². The molecule has 0 radical (unpaired) electrons. The van der Waals surface area contributed by atoms with E-state index < -0.39 is 0 Å². The maximum absolute atomic E-state index is 6.38. The van der Waals surface area contributed by atoms with Gasteiger partial charge in [-0.05, 0) is 50.6 Å². The van der Waals surface area contributed by atoms with Gasteiger partial charge in [0.2, 0.25) is 0 Å². The summed E-state index contributed by atoms with van der Waals surface area (Å²) in [6.07, 6.45) is 3.27. The average Bonchev–Trinajstić information content (AvgIpc) is 2.57. The molecule has 0 aromatic heterocycles. The van der Waals surface area contributed by atoms with E-state index >= 15 is 0 Å². The highest BCUT2D eigenvalue weighted by atomic mass is 79.9. The zero-order valence-corrected chi connectivity index (χ0v) is 11.3. The Bertz CT molecular complexity index is 367. The van der Waals surface area contributed by atoms with Crippen LogP contribution in [0.15, 0.2) is 28.7 Å². The molecule has 0 amide bonds. The second-order valence-electron chi connectivity index (χ2n) is 4.98. The zero-order chi connectivity index (χ0) is 11.6. The Balaban J connectivity index is 1.92. The highest BCUT2D eigenvalue weighted by Crippen LogP contribution is 2.23. The van der Waals surface area contributed by atoms with Crippen LogP contribution in [-0.2, 0) is 6.42 Å². The van der Waals surface area contributed by atoms with Crippen molar-refractivity contribution in [3.63, 3.8) is 0 Å². The van der Waals surface area contributed by atoms with Crippen LogP contribution in [0.1, 0.15) is 18.4 Å². The van der Waals surface area contributed by atoms with Crippen LogP contribution in [0.5, 0.6) is 0 Å². The topological polar surface area (TPSA) is 29.3 Å². The summed E-state index contributed by atoms with van der Waals surface area (Å²) in [6, 6.07) is 8.50. The maximum atomic E-state index is 6.38. The number of benzene rings is 1.